The molecule has 1 heterocycles. The molecular weight excluding hydrogens is 416 g/mol. The van der Waals surface area contributed by atoms with Gasteiger partial charge in [-0.3, -0.25) is 9.59 Å². The van der Waals surface area contributed by atoms with E-state index < -0.39 is 0 Å². The van der Waals surface area contributed by atoms with Crippen molar-refractivity contribution in [1.29, 1.82) is 0 Å². The number of hydrogen-bond acceptors (Lipinski definition) is 6. The van der Waals surface area contributed by atoms with Crippen LogP contribution in [0.25, 0.3) is 11.3 Å². The topological polar surface area (TPSA) is 122 Å². The maximum absolute atomic E-state index is 12.6. The van der Waals surface area contributed by atoms with Crippen LogP contribution in [-0.4, -0.2) is 33.9 Å². The minimum absolute atomic E-state index is 0.0227. The number of nitrogens with one attached hydrogen (secondary N) is 3. The van der Waals surface area contributed by atoms with E-state index in [1.807, 2.05) is 42.5 Å². The van der Waals surface area contributed by atoms with Crippen LogP contribution in [0.1, 0.15) is 43.0 Å². The number of nitrogens with two attached hydrogens (primary N) is 1. The summed E-state index contributed by atoms with van der Waals surface area (Å²) in [6.07, 6.45) is 5.58. The van der Waals surface area contributed by atoms with Crippen molar-refractivity contribution in [3.63, 3.8) is 0 Å². The third-order valence-corrected chi connectivity index (χ3v) is 5.70. The van der Waals surface area contributed by atoms with Gasteiger partial charge in [0.15, 0.2) is 0 Å². The van der Waals surface area contributed by atoms with Gasteiger partial charge in [0.05, 0.1) is 5.69 Å². The van der Waals surface area contributed by atoms with Crippen LogP contribution in [0.3, 0.4) is 0 Å². The van der Waals surface area contributed by atoms with E-state index >= 15 is 0 Å². The summed E-state index contributed by atoms with van der Waals surface area (Å²) in [5.41, 5.74) is 9.83. The lowest BCUT2D eigenvalue weighted by Gasteiger charge is -2.29. The molecule has 2 atom stereocenters. The Morgan fingerprint density at radius 2 is 1.76 bits per heavy atom. The largest absolute Gasteiger partial charge is 0.348 e. The molecule has 0 radical (unpaired) electrons. The van der Waals surface area contributed by atoms with Crippen LogP contribution in [0.2, 0.25) is 0 Å². The highest BCUT2D eigenvalue weighted by molar-refractivity contribution is 5.95. The van der Waals surface area contributed by atoms with E-state index in [2.05, 4.69) is 25.9 Å². The number of anilines is 3. The summed E-state index contributed by atoms with van der Waals surface area (Å²) in [4.78, 5) is 32.5. The minimum atomic E-state index is -0.129. The van der Waals surface area contributed by atoms with Crippen LogP contribution in [0.15, 0.2) is 60.9 Å². The number of hydrogen-bond donors (Lipinski definition) is 4. The van der Waals surface area contributed by atoms with Gasteiger partial charge in [0, 0.05) is 47.6 Å². The van der Waals surface area contributed by atoms with Crippen molar-refractivity contribution in [2.45, 2.75) is 44.7 Å². The van der Waals surface area contributed by atoms with Crippen molar-refractivity contribution in [1.82, 2.24) is 15.3 Å². The second kappa shape index (κ2) is 10.2. The Balaban J connectivity index is 1.42. The molecule has 8 nitrogen and oxygen atoms in total. The van der Waals surface area contributed by atoms with E-state index in [0.29, 0.717) is 17.1 Å². The first-order valence-electron chi connectivity index (χ1n) is 11.1. The molecule has 1 saturated carbocycles. The molecule has 0 bridgehead atoms. The molecule has 33 heavy (non-hydrogen) atoms. The molecule has 0 unspecified atom stereocenters. The highest BCUT2D eigenvalue weighted by Gasteiger charge is 2.23. The van der Waals surface area contributed by atoms with Gasteiger partial charge in [0.2, 0.25) is 5.91 Å². The highest BCUT2D eigenvalue weighted by atomic mass is 16.2. The van der Waals surface area contributed by atoms with Crippen molar-refractivity contribution < 1.29 is 9.59 Å². The minimum Gasteiger partial charge on any atom is -0.348 e. The highest BCUT2D eigenvalue weighted by Crippen LogP contribution is 2.24. The number of carbonyl (C=O) groups is 2. The Kier molecular flexibility index (Phi) is 6.95. The monoisotopic (exact) mass is 444 g/mol. The van der Waals surface area contributed by atoms with Gasteiger partial charge in [0.1, 0.15) is 12.1 Å². The van der Waals surface area contributed by atoms with Gasteiger partial charge in [0.25, 0.3) is 5.91 Å². The molecule has 0 saturated heterocycles. The van der Waals surface area contributed by atoms with Gasteiger partial charge in [-0.15, -0.1) is 0 Å². The van der Waals surface area contributed by atoms with E-state index in [1.54, 1.807) is 12.1 Å². The second-order valence-corrected chi connectivity index (χ2v) is 8.28. The van der Waals surface area contributed by atoms with E-state index in [1.165, 1.54) is 13.3 Å². The normalized spacial score (nSPS) is 17.8. The maximum atomic E-state index is 12.6. The molecular formula is C25H28N6O2. The first kappa shape index (κ1) is 22.4. The van der Waals surface area contributed by atoms with E-state index in [0.717, 1.165) is 42.6 Å². The molecule has 8 heteroatoms. The van der Waals surface area contributed by atoms with Gasteiger partial charge in [-0.2, -0.15) is 0 Å². The standard InChI is InChI=1S/C25H28N6O2/c1-16(32)29-20-6-4-5-18(13-20)23-14-24(28-15-27-23)30-19-11-9-17(10-12-19)25(33)31-22-8-3-2-7-21(22)26/h4-6,9-15,21-22H,2-3,7-8,26H2,1H3,(H,29,32)(H,31,33)(H,27,28,30)/t21-,22-/m0/s1. The Morgan fingerprint density at radius 1 is 0.970 bits per heavy atom. The van der Waals surface area contributed by atoms with Crippen LogP contribution < -0.4 is 21.7 Å². The van der Waals surface area contributed by atoms with Crippen molar-refractivity contribution in [3.8, 4) is 11.3 Å². The summed E-state index contributed by atoms with van der Waals surface area (Å²) < 4.78 is 0. The zero-order chi connectivity index (χ0) is 23.2. The summed E-state index contributed by atoms with van der Waals surface area (Å²) >= 11 is 0. The summed E-state index contributed by atoms with van der Waals surface area (Å²) in [5, 5.41) is 9.08. The average molecular weight is 445 g/mol. The Labute approximate surface area is 193 Å². The fraction of sp³-hybridized carbons (Fsp3) is 0.280. The predicted octanol–water partition coefficient (Wildman–Crippen LogP) is 3.85. The molecule has 2 amide bonds. The third-order valence-electron chi connectivity index (χ3n) is 5.70. The number of rotatable bonds is 6. The smallest absolute Gasteiger partial charge is 0.251 e. The van der Waals surface area contributed by atoms with Crippen LogP contribution in [-0.2, 0) is 4.79 Å². The first-order chi connectivity index (χ1) is 16.0. The Hall–Kier alpha value is -3.78. The fourth-order valence-corrected chi connectivity index (χ4v) is 3.99. The molecule has 1 fully saturated rings. The number of carbonyl (C=O) groups excluding carboxylic acids is 2. The lowest BCUT2D eigenvalue weighted by Crippen LogP contribution is -2.49. The summed E-state index contributed by atoms with van der Waals surface area (Å²) in [6.45, 7) is 1.47. The first-order valence-corrected chi connectivity index (χ1v) is 11.1. The van der Waals surface area contributed by atoms with Crippen LogP contribution in [0.5, 0.6) is 0 Å². The molecule has 2 aromatic carbocycles. The van der Waals surface area contributed by atoms with Gasteiger partial charge in [-0.05, 0) is 49.2 Å². The number of nitrogens with zero attached hydrogens (tertiary/aromatic N) is 2. The third kappa shape index (κ3) is 5.93. The van der Waals surface area contributed by atoms with Gasteiger partial charge in [-0.1, -0.05) is 25.0 Å². The van der Waals surface area contributed by atoms with Gasteiger partial charge < -0.3 is 21.7 Å². The molecule has 0 aliphatic heterocycles. The number of benzene rings is 2. The second-order valence-electron chi connectivity index (χ2n) is 8.28. The zero-order valence-corrected chi connectivity index (χ0v) is 18.5. The Morgan fingerprint density at radius 3 is 2.52 bits per heavy atom. The fourth-order valence-electron chi connectivity index (χ4n) is 3.99. The molecule has 1 aromatic heterocycles. The number of aromatic nitrogens is 2. The Bertz CT molecular complexity index is 1130. The summed E-state index contributed by atoms with van der Waals surface area (Å²) in [7, 11) is 0. The molecule has 0 spiro atoms. The van der Waals surface area contributed by atoms with Crippen molar-refractivity contribution in [3.05, 3.63) is 66.5 Å². The predicted molar refractivity (Wildman–Crippen MR) is 129 cm³/mol. The van der Waals surface area contributed by atoms with Crippen molar-refractivity contribution in [2.75, 3.05) is 10.6 Å². The van der Waals surface area contributed by atoms with E-state index in [-0.39, 0.29) is 23.9 Å². The summed E-state index contributed by atoms with van der Waals surface area (Å²) in [5.74, 6) is 0.387. The molecule has 170 valence electrons. The average Bonchev–Trinajstić information content (AvgIpc) is 2.81. The molecule has 1 aliphatic rings. The molecule has 1 aliphatic carbocycles. The lowest BCUT2D eigenvalue weighted by molar-refractivity contribution is -0.114. The van der Waals surface area contributed by atoms with Crippen LogP contribution >= 0.6 is 0 Å². The van der Waals surface area contributed by atoms with Crippen LogP contribution in [0, 0.1) is 0 Å². The SMILES string of the molecule is CC(=O)Nc1cccc(-c2cc(Nc3ccc(C(=O)N[C@H]4CCCC[C@@H]4N)cc3)ncn2)c1. The summed E-state index contributed by atoms with van der Waals surface area (Å²) in [6, 6.07) is 16.6. The van der Waals surface area contributed by atoms with Gasteiger partial charge in [-0.25, -0.2) is 9.97 Å². The van der Waals surface area contributed by atoms with E-state index in [9.17, 15) is 9.59 Å². The molecule has 4 rings (SSSR count). The molecule has 5 N–H and O–H groups in total. The zero-order valence-electron chi connectivity index (χ0n) is 18.5. The molecule has 3 aromatic rings. The maximum Gasteiger partial charge on any atom is 0.251 e. The van der Waals surface area contributed by atoms with Gasteiger partial charge >= 0.3 is 0 Å². The quantitative estimate of drug-likeness (QED) is 0.458. The van der Waals surface area contributed by atoms with Crippen molar-refractivity contribution in [2.24, 2.45) is 5.73 Å². The van der Waals surface area contributed by atoms with Crippen molar-refractivity contribution >= 4 is 29.0 Å². The lowest BCUT2D eigenvalue weighted by atomic mass is 9.91. The van der Waals surface area contributed by atoms with E-state index in [4.69, 9.17) is 5.73 Å². The number of amides is 2. The van der Waals surface area contributed by atoms with Crippen LogP contribution in [0.4, 0.5) is 17.2 Å².